The molecular formula is C11H8ClN3O2. The van der Waals surface area contributed by atoms with E-state index in [0.29, 0.717) is 16.4 Å². The van der Waals surface area contributed by atoms with Crippen molar-refractivity contribution < 1.29 is 4.92 Å². The van der Waals surface area contributed by atoms with Gasteiger partial charge in [-0.05, 0) is 24.3 Å². The van der Waals surface area contributed by atoms with Gasteiger partial charge in [-0.25, -0.2) is 0 Å². The van der Waals surface area contributed by atoms with E-state index in [1.165, 1.54) is 18.2 Å². The minimum absolute atomic E-state index is 0.0294. The van der Waals surface area contributed by atoms with E-state index >= 15 is 0 Å². The van der Waals surface area contributed by atoms with Gasteiger partial charge in [-0.3, -0.25) is 15.1 Å². The summed E-state index contributed by atoms with van der Waals surface area (Å²) in [5.41, 5.74) is 0.978. The minimum Gasteiger partial charge on any atom is -0.349 e. The van der Waals surface area contributed by atoms with E-state index in [1.54, 1.807) is 24.5 Å². The number of hydrogen-bond donors (Lipinski definition) is 1. The summed E-state index contributed by atoms with van der Waals surface area (Å²) in [6, 6.07) is 7.85. The number of anilines is 2. The lowest BCUT2D eigenvalue weighted by Crippen LogP contribution is -1.97. The number of nitro groups is 1. The molecule has 17 heavy (non-hydrogen) atoms. The number of rotatable bonds is 3. The molecule has 2 aromatic rings. The first-order valence-corrected chi connectivity index (χ1v) is 5.15. The molecule has 0 unspecified atom stereocenters. The van der Waals surface area contributed by atoms with E-state index in [9.17, 15) is 10.1 Å². The van der Waals surface area contributed by atoms with Crippen LogP contribution in [-0.4, -0.2) is 9.91 Å². The van der Waals surface area contributed by atoms with E-state index in [0.717, 1.165) is 0 Å². The normalized spacial score (nSPS) is 9.94. The molecule has 0 aliphatic carbocycles. The van der Waals surface area contributed by atoms with Gasteiger partial charge in [0.1, 0.15) is 5.69 Å². The van der Waals surface area contributed by atoms with Gasteiger partial charge in [0.2, 0.25) is 0 Å². The maximum absolute atomic E-state index is 10.8. The highest BCUT2D eigenvalue weighted by Crippen LogP contribution is 2.29. The lowest BCUT2D eigenvalue weighted by molar-refractivity contribution is -0.383. The fourth-order valence-electron chi connectivity index (χ4n) is 1.36. The monoisotopic (exact) mass is 249 g/mol. The summed E-state index contributed by atoms with van der Waals surface area (Å²) in [5.74, 6) is 0. The maximum Gasteiger partial charge on any atom is 0.292 e. The third-order valence-electron chi connectivity index (χ3n) is 2.10. The summed E-state index contributed by atoms with van der Waals surface area (Å²) in [6.07, 6.45) is 3.20. The van der Waals surface area contributed by atoms with Crippen molar-refractivity contribution in [2.24, 2.45) is 0 Å². The van der Waals surface area contributed by atoms with Crippen molar-refractivity contribution in [3.8, 4) is 0 Å². The van der Waals surface area contributed by atoms with Gasteiger partial charge < -0.3 is 5.32 Å². The maximum atomic E-state index is 10.8. The Kier molecular flexibility index (Phi) is 3.20. The van der Waals surface area contributed by atoms with Gasteiger partial charge in [0.15, 0.2) is 0 Å². The Morgan fingerprint density at radius 2 is 2.18 bits per heavy atom. The highest BCUT2D eigenvalue weighted by molar-refractivity contribution is 6.31. The van der Waals surface area contributed by atoms with Gasteiger partial charge >= 0.3 is 0 Å². The quantitative estimate of drug-likeness (QED) is 0.669. The number of nitro benzene ring substituents is 1. The molecule has 5 nitrogen and oxygen atoms in total. The van der Waals surface area contributed by atoms with Crippen molar-refractivity contribution in [3.63, 3.8) is 0 Å². The van der Waals surface area contributed by atoms with Gasteiger partial charge in [0.25, 0.3) is 5.69 Å². The second-order valence-electron chi connectivity index (χ2n) is 3.29. The molecule has 86 valence electrons. The van der Waals surface area contributed by atoms with Gasteiger partial charge in [-0.15, -0.1) is 0 Å². The number of nitrogens with one attached hydrogen (secondary N) is 1. The Bertz CT molecular complexity index is 546. The summed E-state index contributed by atoms with van der Waals surface area (Å²) < 4.78 is 0. The third-order valence-corrected chi connectivity index (χ3v) is 2.33. The zero-order valence-corrected chi connectivity index (χ0v) is 9.39. The zero-order chi connectivity index (χ0) is 12.3. The molecule has 0 spiro atoms. The van der Waals surface area contributed by atoms with E-state index in [-0.39, 0.29) is 5.69 Å². The predicted octanol–water partition coefficient (Wildman–Crippen LogP) is 3.39. The number of nitrogens with zero attached hydrogens (tertiary/aromatic N) is 2. The van der Waals surface area contributed by atoms with Gasteiger partial charge in [0, 0.05) is 17.3 Å². The Balaban J connectivity index is 2.37. The van der Waals surface area contributed by atoms with Gasteiger partial charge in [0.05, 0.1) is 16.8 Å². The molecule has 0 aliphatic rings. The second-order valence-corrected chi connectivity index (χ2v) is 3.72. The first-order chi connectivity index (χ1) is 8.16. The van der Waals surface area contributed by atoms with Crippen LogP contribution in [0.2, 0.25) is 5.02 Å². The van der Waals surface area contributed by atoms with Crippen molar-refractivity contribution in [2.75, 3.05) is 5.32 Å². The summed E-state index contributed by atoms with van der Waals surface area (Å²) >= 11 is 5.81. The van der Waals surface area contributed by atoms with Crippen LogP contribution in [0.15, 0.2) is 42.7 Å². The van der Waals surface area contributed by atoms with Crippen LogP contribution in [-0.2, 0) is 0 Å². The highest BCUT2D eigenvalue weighted by Gasteiger charge is 2.13. The summed E-state index contributed by atoms with van der Waals surface area (Å²) in [5, 5.41) is 14.2. The van der Waals surface area contributed by atoms with Crippen LogP contribution in [0.3, 0.4) is 0 Å². The molecule has 2 rings (SSSR count). The number of halogens is 1. The standard InChI is InChI=1S/C11H8ClN3O2/c12-8-3-4-11(15(16)17)10(6-8)14-9-2-1-5-13-7-9/h1-7,14H. The van der Waals surface area contributed by atoms with E-state index in [2.05, 4.69) is 10.3 Å². The highest BCUT2D eigenvalue weighted by atomic mass is 35.5. The Morgan fingerprint density at radius 1 is 1.35 bits per heavy atom. The van der Waals surface area contributed by atoms with Crippen LogP contribution in [0.25, 0.3) is 0 Å². The zero-order valence-electron chi connectivity index (χ0n) is 8.63. The van der Waals surface area contributed by atoms with E-state index in [1.807, 2.05) is 0 Å². The van der Waals surface area contributed by atoms with Crippen molar-refractivity contribution in [1.29, 1.82) is 0 Å². The first-order valence-electron chi connectivity index (χ1n) is 4.78. The first kappa shape index (κ1) is 11.3. The molecule has 1 heterocycles. The molecule has 1 N–H and O–H groups in total. The molecule has 1 aromatic carbocycles. The number of hydrogen-bond acceptors (Lipinski definition) is 4. The molecule has 0 atom stereocenters. The van der Waals surface area contributed by atoms with Crippen molar-refractivity contribution >= 4 is 28.7 Å². The van der Waals surface area contributed by atoms with Crippen LogP contribution in [0.1, 0.15) is 0 Å². The number of benzene rings is 1. The van der Waals surface area contributed by atoms with Crippen molar-refractivity contribution in [2.45, 2.75) is 0 Å². The molecule has 0 amide bonds. The summed E-state index contributed by atoms with van der Waals surface area (Å²) in [7, 11) is 0. The largest absolute Gasteiger partial charge is 0.349 e. The van der Waals surface area contributed by atoms with E-state index in [4.69, 9.17) is 11.6 Å². The number of pyridine rings is 1. The third kappa shape index (κ3) is 2.70. The predicted molar refractivity (Wildman–Crippen MR) is 65.6 cm³/mol. The fraction of sp³-hybridized carbons (Fsp3) is 0. The second kappa shape index (κ2) is 4.80. The Labute approximate surface area is 102 Å². The van der Waals surface area contributed by atoms with Crippen LogP contribution >= 0.6 is 11.6 Å². The molecular weight excluding hydrogens is 242 g/mol. The summed E-state index contributed by atoms with van der Waals surface area (Å²) in [6.45, 7) is 0. The summed E-state index contributed by atoms with van der Waals surface area (Å²) in [4.78, 5) is 14.3. The van der Waals surface area contributed by atoms with E-state index < -0.39 is 4.92 Å². The Morgan fingerprint density at radius 3 is 2.82 bits per heavy atom. The minimum atomic E-state index is -0.463. The van der Waals surface area contributed by atoms with Gasteiger partial charge in [-0.2, -0.15) is 0 Å². The SMILES string of the molecule is O=[N+]([O-])c1ccc(Cl)cc1Nc1cccnc1. The molecule has 0 fully saturated rings. The molecule has 1 aromatic heterocycles. The van der Waals surface area contributed by atoms with Crippen molar-refractivity contribution in [1.82, 2.24) is 4.98 Å². The average Bonchev–Trinajstić information content (AvgIpc) is 2.30. The lowest BCUT2D eigenvalue weighted by Gasteiger charge is -2.06. The van der Waals surface area contributed by atoms with Crippen LogP contribution in [0.5, 0.6) is 0 Å². The van der Waals surface area contributed by atoms with Crippen LogP contribution < -0.4 is 5.32 Å². The van der Waals surface area contributed by atoms with Crippen LogP contribution in [0.4, 0.5) is 17.1 Å². The molecule has 0 radical (unpaired) electrons. The molecule has 0 saturated heterocycles. The molecule has 0 aliphatic heterocycles. The molecule has 6 heteroatoms. The van der Waals surface area contributed by atoms with Crippen LogP contribution in [0, 0.1) is 10.1 Å². The smallest absolute Gasteiger partial charge is 0.292 e. The van der Waals surface area contributed by atoms with Gasteiger partial charge in [-0.1, -0.05) is 11.6 Å². The molecule has 0 saturated carbocycles. The molecule has 0 bridgehead atoms. The fourth-order valence-corrected chi connectivity index (χ4v) is 1.53. The Hall–Kier alpha value is -2.14. The topological polar surface area (TPSA) is 68.1 Å². The number of aromatic nitrogens is 1. The lowest BCUT2D eigenvalue weighted by atomic mass is 10.2. The average molecular weight is 250 g/mol. The van der Waals surface area contributed by atoms with Crippen molar-refractivity contribution in [3.05, 3.63) is 57.9 Å².